The highest BCUT2D eigenvalue weighted by molar-refractivity contribution is 5.78. The minimum absolute atomic E-state index is 0.100. The largest absolute Gasteiger partial charge is 0.494 e. The van der Waals surface area contributed by atoms with Gasteiger partial charge in [0.2, 0.25) is 17.7 Å². The maximum atomic E-state index is 12.4. The molecule has 0 atom stereocenters. The van der Waals surface area contributed by atoms with Gasteiger partial charge in [-0.3, -0.25) is 14.4 Å². The fraction of sp³-hybridized carbons (Fsp3) is 0.644. The van der Waals surface area contributed by atoms with Crippen LogP contribution in [0.3, 0.4) is 0 Å². The van der Waals surface area contributed by atoms with Crippen molar-refractivity contribution in [2.24, 2.45) is 0 Å². The number of unbranched alkanes of at least 4 members (excludes halogenated alkanes) is 6. The van der Waals surface area contributed by atoms with Crippen LogP contribution in [0.4, 0.5) is 0 Å². The van der Waals surface area contributed by atoms with Gasteiger partial charge in [-0.25, -0.2) is 0 Å². The molecule has 0 spiro atoms. The summed E-state index contributed by atoms with van der Waals surface area (Å²) in [6, 6.07) is 24.7. The molecule has 0 bridgehead atoms. The fourth-order valence-corrected chi connectivity index (χ4v) is 7.21. The minimum Gasteiger partial charge on any atom is -0.494 e. The van der Waals surface area contributed by atoms with Crippen molar-refractivity contribution >= 4 is 17.7 Å². The zero-order chi connectivity index (χ0) is 52.2. The van der Waals surface area contributed by atoms with Crippen molar-refractivity contribution in [1.82, 2.24) is 30.7 Å². The molecule has 0 aromatic heterocycles. The number of hydrogen-bond acceptors (Lipinski definition) is 9. The van der Waals surface area contributed by atoms with Gasteiger partial charge < -0.3 is 44.9 Å². The van der Waals surface area contributed by atoms with Crippen molar-refractivity contribution in [3.05, 3.63) is 89.5 Å². The zero-order valence-corrected chi connectivity index (χ0v) is 46.2. The summed E-state index contributed by atoms with van der Waals surface area (Å²) in [4.78, 5) is 41.6. The normalized spacial score (nSPS) is 10.6. The molecule has 12 nitrogen and oxygen atoms in total. The second kappa shape index (κ2) is 44.1. The maximum absolute atomic E-state index is 12.4. The standard InChI is InChI=1S/C22H38N2O2.C20H34N2O2.C17H28N2O2/c1-4-7-15-24(16-8-5-2)22(25)19-23-14-13-20-11-10-12-21(18-20)26-17-9-6-3;1-4-7-15-24-19-10-8-9-18(16-19)11-12-21-17-20(23)22(13-5-2)14-6-3;1-4-5-6-12-21-16-9-7-8-15(13-16)10-11-18-14-17(20)19(2)3/h10-12,18,23H,4-9,13-17,19H2,1-3H3;8-10,16,21H,4-7,11-15,17H2,1-3H3;7-9,13,18H,4-6,10-12,14H2,1-3H3. The van der Waals surface area contributed by atoms with Gasteiger partial charge in [0.25, 0.3) is 0 Å². The van der Waals surface area contributed by atoms with Gasteiger partial charge in [-0.05, 0) is 137 Å². The zero-order valence-electron chi connectivity index (χ0n) is 46.2. The van der Waals surface area contributed by atoms with E-state index in [2.05, 4.69) is 101 Å². The first-order valence-corrected chi connectivity index (χ1v) is 27.6. The van der Waals surface area contributed by atoms with Gasteiger partial charge in [0, 0.05) is 40.3 Å². The van der Waals surface area contributed by atoms with Gasteiger partial charge >= 0.3 is 0 Å². The maximum Gasteiger partial charge on any atom is 0.236 e. The summed E-state index contributed by atoms with van der Waals surface area (Å²) < 4.78 is 17.2. The number of nitrogens with zero attached hydrogens (tertiary/aromatic N) is 3. The molecule has 0 aliphatic heterocycles. The molecule has 0 unspecified atom stereocenters. The lowest BCUT2D eigenvalue weighted by molar-refractivity contribution is -0.131. The smallest absolute Gasteiger partial charge is 0.236 e. The monoisotopic (exact) mass is 989 g/mol. The Morgan fingerprint density at radius 1 is 0.408 bits per heavy atom. The van der Waals surface area contributed by atoms with Crippen molar-refractivity contribution in [1.29, 1.82) is 0 Å². The lowest BCUT2D eigenvalue weighted by Crippen LogP contribution is -2.39. The van der Waals surface area contributed by atoms with Crippen LogP contribution in [0.1, 0.15) is 149 Å². The number of nitrogens with one attached hydrogen (secondary N) is 3. The summed E-state index contributed by atoms with van der Waals surface area (Å²) in [5, 5.41) is 9.74. The van der Waals surface area contributed by atoms with E-state index < -0.39 is 0 Å². The number of rotatable bonds is 38. The van der Waals surface area contributed by atoms with Crippen LogP contribution in [-0.4, -0.2) is 132 Å². The van der Waals surface area contributed by atoms with Crippen molar-refractivity contribution in [2.45, 2.75) is 151 Å². The van der Waals surface area contributed by atoms with Crippen LogP contribution in [0, 0.1) is 0 Å². The van der Waals surface area contributed by atoms with E-state index in [0.29, 0.717) is 19.6 Å². The fourth-order valence-electron chi connectivity index (χ4n) is 7.21. The Morgan fingerprint density at radius 3 is 1.08 bits per heavy atom. The summed E-state index contributed by atoms with van der Waals surface area (Å²) in [5.41, 5.74) is 3.71. The van der Waals surface area contributed by atoms with Crippen LogP contribution in [0.25, 0.3) is 0 Å². The van der Waals surface area contributed by atoms with E-state index in [0.717, 1.165) is 173 Å². The van der Waals surface area contributed by atoms with Crippen molar-refractivity contribution < 1.29 is 28.6 Å². The Balaban J connectivity index is 0.000000535. The molecule has 0 saturated carbocycles. The van der Waals surface area contributed by atoms with Crippen LogP contribution in [0.2, 0.25) is 0 Å². The molecule has 402 valence electrons. The average Bonchev–Trinajstić information content (AvgIpc) is 3.37. The molecule has 3 aromatic rings. The van der Waals surface area contributed by atoms with Crippen molar-refractivity contribution in [3.8, 4) is 17.2 Å². The number of carbonyl (C=O) groups is 3. The molecular formula is C59H100N6O6. The van der Waals surface area contributed by atoms with Gasteiger partial charge in [-0.15, -0.1) is 0 Å². The van der Waals surface area contributed by atoms with E-state index in [4.69, 9.17) is 14.2 Å². The first-order valence-electron chi connectivity index (χ1n) is 27.6. The molecule has 3 amide bonds. The summed E-state index contributed by atoms with van der Waals surface area (Å²) in [6.07, 6.45) is 17.1. The number of benzene rings is 3. The van der Waals surface area contributed by atoms with E-state index in [1.807, 2.05) is 46.2 Å². The lowest BCUT2D eigenvalue weighted by atomic mass is 10.1. The molecular weight excluding hydrogens is 889 g/mol. The van der Waals surface area contributed by atoms with E-state index in [-0.39, 0.29) is 17.7 Å². The molecule has 0 saturated heterocycles. The predicted molar refractivity (Wildman–Crippen MR) is 297 cm³/mol. The molecule has 0 heterocycles. The molecule has 71 heavy (non-hydrogen) atoms. The number of hydrogen-bond donors (Lipinski definition) is 3. The molecule has 3 N–H and O–H groups in total. The van der Waals surface area contributed by atoms with Crippen LogP contribution < -0.4 is 30.2 Å². The number of ether oxygens (including phenoxy) is 3. The third-order valence-electron chi connectivity index (χ3n) is 11.6. The second-order valence-corrected chi connectivity index (χ2v) is 18.4. The van der Waals surface area contributed by atoms with Gasteiger partial charge in [-0.1, -0.05) is 123 Å². The van der Waals surface area contributed by atoms with Crippen molar-refractivity contribution in [2.75, 3.05) is 99.4 Å². The van der Waals surface area contributed by atoms with Crippen LogP contribution in [-0.2, 0) is 33.6 Å². The van der Waals surface area contributed by atoms with Crippen LogP contribution >= 0.6 is 0 Å². The molecule has 0 fully saturated rings. The summed E-state index contributed by atoms with van der Waals surface area (Å²) >= 11 is 0. The summed E-state index contributed by atoms with van der Waals surface area (Å²) in [6.45, 7) is 24.5. The number of amides is 3. The number of carbonyl (C=O) groups excluding carboxylic acids is 3. The van der Waals surface area contributed by atoms with E-state index in [1.165, 1.54) is 29.5 Å². The lowest BCUT2D eigenvalue weighted by Gasteiger charge is -2.22. The molecule has 3 aromatic carbocycles. The third kappa shape index (κ3) is 33.6. The Kier molecular flexibility index (Phi) is 40.0. The molecule has 12 heteroatoms. The summed E-state index contributed by atoms with van der Waals surface area (Å²) in [7, 11) is 3.53. The topological polar surface area (TPSA) is 125 Å². The SMILES string of the molecule is CCCCCOc1cccc(CCNCC(=O)N(C)C)c1.CCCCOc1cccc(CCNCC(=O)N(CCC)CCC)c1.CCCCOc1cccc(CCNCC(=O)N(CCCC)CCCC)c1. The Bertz CT molecular complexity index is 1760. The van der Waals surface area contributed by atoms with Gasteiger partial charge in [0.1, 0.15) is 17.2 Å². The molecule has 0 aliphatic rings. The second-order valence-electron chi connectivity index (χ2n) is 18.4. The van der Waals surface area contributed by atoms with E-state index in [1.54, 1.807) is 19.0 Å². The average molecular weight is 989 g/mol. The Labute approximate surface area is 432 Å². The van der Waals surface area contributed by atoms with Gasteiger partial charge in [0.05, 0.1) is 39.5 Å². The molecule has 0 aliphatic carbocycles. The molecule has 3 rings (SSSR count). The van der Waals surface area contributed by atoms with Gasteiger partial charge in [0.15, 0.2) is 0 Å². The quantitative estimate of drug-likeness (QED) is 0.0482. The van der Waals surface area contributed by atoms with E-state index >= 15 is 0 Å². The third-order valence-corrected chi connectivity index (χ3v) is 11.6. The predicted octanol–water partition coefficient (Wildman–Crippen LogP) is 10.5. The first-order chi connectivity index (χ1) is 34.5. The minimum atomic E-state index is 0.100. The highest BCUT2D eigenvalue weighted by Crippen LogP contribution is 2.16. The molecule has 0 radical (unpaired) electrons. The van der Waals surface area contributed by atoms with Gasteiger partial charge in [-0.2, -0.15) is 0 Å². The van der Waals surface area contributed by atoms with Crippen molar-refractivity contribution in [3.63, 3.8) is 0 Å². The Hall–Kier alpha value is -4.65. The highest BCUT2D eigenvalue weighted by atomic mass is 16.5. The highest BCUT2D eigenvalue weighted by Gasteiger charge is 2.13. The Morgan fingerprint density at radius 2 is 0.746 bits per heavy atom. The van der Waals surface area contributed by atoms with E-state index in [9.17, 15) is 14.4 Å². The number of likely N-dealkylation sites (N-methyl/N-ethyl adjacent to an activating group) is 1. The van der Waals surface area contributed by atoms with Crippen LogP contribution in [0.15, 0.2) is 72.8 Å². The van der Waals surface area contributed by atoms with Crippen LogP contribution in [0.5, 0.6) is 17.2 Å². The summed E-state index contributed by atoms with van der Waals surface area (Å²) in [5.74, 6) is 3.35. The first kappa shape index (κ1) is 64.4.